The first-order valence-electron chi connectivity index (χ1n) is 8.96. The molecule has 154 valence electrons. The zero-order chi connectivity index (χ0) is 21.8. The Labute approximate surface area is 178 Å². The molecule has 8 heteroatoms. The third-order valence-corrected chi connectivity index (χ3v) is 4.71. The molecule has 7 nitrogen and oxygen atoms in total. The van der Waals surface area contributed by atoms with Crippen molar-refractivity contribution in [1.29, 1.82) is 0 Å². The number of benzene rings is 3. The number of carbonyl (C=O) groups is 2. The number of carboxylic acid groups (broad SMARTS) is 1. The number of nitrogens with two attached hydrogens (primary N) is 1. The Morgan fingerprint density at radius 2 is 1.70 bits per heavy atom. The van der Waals surface area contributed by atoms with E-state index < -0.39 is 11.9 Å². The molecule has 0 atom stereocenters. The Hall–Kier alpha value is -3.71. The lowest BCUT2D eigenvalue weighted by molar-refractivity contribution is 0.0479. The van der Waals surface area contributed by atoms with E-state index in [2.05, 4.69) is 5.32 Å². The highest BCUT2D eigenvalue weighted by Crippen LogP contribution is 2.28. The highest BCUT2D eigenvalue weighted by molar-refractivity contribution is 6.30. The van der Waals surface area contributed by atoms with Gasteiger partial charge < -0.3 is 21.0 Å². The molecule has 0 saturated heterocycles. The van der Waals surface area contributed by atoms with Crippen molar-refractivity contribution in [1.82, 2.24) is 0 Å². The van der Waals surface area contributed by atoms with Gasteiger partial charge in [0.05, 0.1) is 16.8 Å². The lowest BCUT2D eigenvalue weighted by atomic mass is 10.0. The maximum atomic E-state index is 12.9. The Morgan fingerprint density at radius 3 is 2.33 bits per heavy atom. The number of anilines is 3. The van der Waals surface area contributed by atoms with Gasteiger partial charge in [-0.2, -0.15) is 0 Å². The average molecular weight is 426 g/mol. The molecule has 0 amide bonds. The van der Waals surface area contributed by atoms with E-state index >= 15 is 0 Å². The number of nitrogen functional groups attached to an aromatic ring is 1. The van der Waals surface area contributed by atoms with E-state index in [-0.39, 0.29) is 11.3 Å². The number of nitrogens with one attached hydrogen (secondary N) is 1. The van der Waals surface area contributed by atoms with Crippen molar-refractivity contribution >= 4 is 40.6 Å². The van der Waals surface area contributed by atoms with Gasteiger partial charge in [0.25, 0.3) is 0 Å². The third kappa shape index (κ3) is 4.64. The molecule has 0 aliphatic carbocycles. The number of nitrogens with zero attached hydrogens (tertiary/aromatic N) is 1. The number of rotatable bonds is 6. The summed E-state index contributed by atoms with van der Waals surface area (Å²) in [5.41, 5.74) is 8.96. The second-order valence-corrected chi connectivity index (χ2v) is 6.95. The second-order valence-electron chi connectivity index (χ2n) is 6.51. The molecule has 0 aromatic heterocycles. The molecule has 0 bridgehead atoms. The van der Waals surface area contributed by atoms with E-state index in [4.69, 9.17) is 22.2 Å². The summed E-state index contributed by atoms with van der Waals surface area (Å²) in [6.07, 6.45) is 0. The van der Waals surface area contributed by atoms with Crippen molar-refractivity contribution in [2.24, 2.45) is 0 Å². The minimum absolute atomic E-state index is 0.00597. The number of carboxylic acids is 1. The molecule has 3 aromatic carbocycles. The van der Waals surface area contributed by atoms with E-state index in [0.717, 1.165) is 11.1 Å². The molecule has 0 fully saturated rings. The van der Waals surface area contributed by atoms with E-state index in [1.54, 1.807) is 31.3 Å². The Bertz CT molecular complexity index is 1100. The standard InChI is InChI=1S/C22H20ClN3O4/c1-25-20-8-5-14(13-3-6-16(23)7-4-13)11-19(20)22(29)30-26(2)18-10-15(21(27)28)9-17(24)12-18/h3-12,25H,24H2,1-2H3,(H,27,28). The molecule has 3 aromatic rings. The van der Waals surface area contributed by atoms with Crippen molar-refractivity contribution in [2.45, 2.75) is 0 Å². The van der Waals surface area contributed by atoms with E-state index in [9.17, 15) is 14.7 Å². The first-order valence-corrected chi connectivity index (χ1v) is 9.34. The lowest BCUT2D eigenvalue weighted by Gasteiger charge is -2.20. The van der Waals surface area contributed by atoms with E-state index in [0.29, 0.717) is 22.0 Å². The van der Waals surface area contributed by atoms with E-state index in [1.165, 1.54) is 30.3 Å². The summed E-state index contributed by atoms with van der Waals surface area (Å²) in [7, 11) is 3.20. The van der Waals surface area contributed by atoms with Gasteiger partial charge in [-0.3, -0.25) is 0 Å². The van der Waals surface area contributed by atoms with Crippen molar-refractivity contribution < 1.29 is 19.5 Å². The zero-order valence-corrected chi connectivity index (χ0v) is 17.1. The normalized spacial score (nSPS) is 10.4. The number of hydrogen-bond donors (Lipinski definition) is 3. The molecule has 0 aliphatic rings. The van der Waals surface area contributed by atoms with Crippen LogP contribution >= 0.6 is 11.6 Å². The van der Waals surface area contributed by atoms with Crippen LogP contribution in [0.25, 0.3) is 11.1 Å². The van der Waals surface area contributed by atoms with Crippen molar-refractivity contribution in [3.63, 3.8) is 0 Å². The zero-order valence-electron chi connectivity index (χ0n) is 16.3. The number of aromatic carboxylic acids is 1. The van der Waals surface area contributed by atoms with Gasteiger partial charge in [0.15, 0.2) is 0 Å². The number of carbonyl (C=O) groups excluding carboxylic acids is 1. The SMILES string of the molecule is CNc1ccc(-c2ccc(Cl)cc2)cc1C(=O)ON(C)c1cc(N)cc(C(=O)O)c1. The van der Waals surface area contributed by atoms with Gasteiger partial charge in [-0.15, -0.1) is 0 Å². The number of halogens is 1. The highest BCUT2D eigenvalue weighted by Gasteiger charge is 2.18. The largest absolute Gasteiger partial charge is 0.478 e. The van der Waals surface area contributed by atoms with Crippen LogP contribution in [0.3, 0.4) is 0 Å². The molecule has 0 unspecified atom stereocenters. The smallest absolute Gasteiger partial charge is 0.365 e. The molecule has 30 heavy (non-hydrogen) atoms. The summed E-state index contributed by atoms with van der Waals surface area (Å²) in [5.74, 6) is -1.74. The monoisotopic (exact) mass is 425 g/mol. The first kappa shape index (κ1) is 21.0. The third-order valence-electron chi connectivity index (χ3n) is 4.46. The molecule has 0 heterocycles. The van der Waals surface area contributed by atoms with Crippen LogP contribution in [0.5, 0.6) is 0 Å². The summed E-state index contributed by atoms with van der Waals surface area (Å²) >= 11 is 5.95. The summed E-state index contributed by atoms with van der Waals surface area (Å²) in [4.78, 5) is 29.6. The second kappa shape index (κ2) is 8.75. The fraction of sp³-hybridized carbons (Fsp3) is 0.0909. The van der Waals surface area contributed by atoms with Crippen LogP contribution in [0.4, 0.5) is 17.1 Å². The summed E-state index contributed by atoms with van der Waals surface area (Å²) < 4.78 is 0. The summed E-state index contributed by atoms with van der Waals surface area (Å²) in [6.45, 7) is 0. The van der Waals surface area contributed by atoms with Crippen LogP contribution in [0.15, 0.2) is 60.7 Å². The predicted molar refractivity (Wildman–Crippen MR) is 118 cm³/mol. The number of hydroxylamine groups is 1. The molecule has 0 radical (unpaired) electrons. The summed E-state index contributed by atoms with van der Waals surface area (Å²) in [5, 5.41) is 14.0. The van der Waals surface area contributed by atoms with Gasteiger partial charge in [-0.25, -0.2) is 14.7 Å². The quantitative estimate of drug-likeness (QED) is 0.393. The van der Waals surface area contributed by atoms with Crippen molar-refractivity contribution in [2.75, 3.05) is 30.2 Å². The van der Waals surface area contributed by atoms with Crippen LogP contribution in [0.1, 0.15) is 20.7 Å². The number of hydrogen-bond acceptors (Lipinski definition) is 6. The molecule has 4 N–H and O–H groups in total. The fourth-order valence-electron chi connectivity index (χ4n) is 2.92. The lowest BCUT2D eigenvalue weighted by Crippen LogP contribution is -2.23. The minimum atomic E-state index is -1.13. The van der Waals surface area contributed by atoms with Gasteiger partial charge in [-0.05, 0) is 53.6 Å². The molecule has 0 saturated carbocycles. The Balaban J connectivity index is 1.89. The van der Waals surface area contributed by atoms with E-state index in [1.807, 2.05) is 18.2 Å². The van der Waals surface area contributed by atoms with Crippen LogP contribution in [-0.4, -0.2) is 31.1 Å². The Kier molecular flexibility index (Phi) is 6.13. The molecule has 0 spiro atoms. The predicted octanol–water partition coefficient (Wildman–Crippen LogP) is 4.54. The van der Waals surface area contributed by atoms with Crippen LogP contribution in [0, 0.1) is 0 Å². The Morgan fingerprint density at radius 1 is 1.03 bits per heavy atom. The maximum absolute atomic E-state index is 12.9. The molecular formula is C22H20ClN3O4. The average Bonchev–Trinajstić information content (AvgIpc) is 2.73. The maximum Gasteiger partial charge on any atom is 0.365 e. The molecular weight excluding hydrogens is 406 g/mol. The van der Waals surface area contributed by atoms with Gasteiger partial charge >= 0.3 is 11.9 Å². The van der Waals surface area contributed by atoms with Crippen LogP contribution in [-0.2, 0) is 4.84 Å². The van der Waals surface area contributed by atoms with Gasteiger partial charge in [0.1, 0.15) is 0 Å². The van der Waals surface area contributed by atoms with Crippen molar-refractivity contribution in [3.05, 3.63) is 76.8 Å². The van der Waals surface area contributed by atoms with Crippen molar-refractivity contribution in [3.8, 4) is 11.1 Å². The molecule has 0 aliphatic heterocycles. The van der Waals surface area contributed by atoms with Gasteiger partial charge in [0, 0.05) is 30.5 Å². The van der Waals surface area contributed by atoms with Crippen LogP contribution in [0.2, 0.25) is 5.02 Å². The minimum Gasteiger partial charge on any atom is -0.478 e. The van der Waals surface area contributed by atoms with Gasteiger partial charge in [-0.1, -0.05) is 29.8 Å². The molecule has 3 rings (SSSR count). The summed E-state index contributed by atoms with van der Waals surface area (Å²) in [6, 6.07) is 16.9. The topological polar surface area (TPSA) is 105 Å². The van der Waals surface area contributed by atoms with Gasteiger partial charge in [0.2, 0.25) is 0 Å². The van der Waals surface area contributed by atoms with Crippen LogP contribution < -0.4 is 16.1 Å². The first-order chi connectivity index (χ1) is 14.3. The highest BCUT2D eigenvalue weighted by atomic mass is 35.5. The fourth-order valence-corrected chi connectivity index (χ4v) is 3.05.